The zero-order chi connectivity index (χ0) is 14.6. The van der Waals surface area contributed by atoms with Crippen LogP contribution >= 0.6 is 0 Å². The first kappa shape index (κ1) is 14.4. The van der Waals surface area contributed by atoms with Gasteiger partial charge in [-0.1, -0.05) is 0 Å². The number of urea groups is 1. The van der Waals surface area contributed by atoms with E-state index in [1.165, 1.54) is 0 Å². The molecule has 1 saturated carbocycles. The molecule has 0 bridgehead atoms. The normalized spacial score (nSPS) is 16.2. The summed E-state index contributed by atoms with van der Waals surface area (Å²) < 4.78 is 1.76. The number of rotatable bonds is 6. The van der Waals surface area contributed by atoms with E-state index in [0.717, 1.165) is 24.8 Å². The number of carboxylic acid groups (broad SMARTS) is 1. The van der Waals surface area contributed by atoms with Crippen LogP contribution in [0.3, 0.4) is 0 Å². The molecular weight excluding hydrogens is 260 g/mol. The van der Waals surface area contributed by atoms with Gasteiger partial charge in [0.25, 0.3) is 0 Å². The van der Waals surface area contributed by atoms with Gasteiger partial charge in [-0.25, -0.2) is 4.79 Å². The van der Waals surface area contributed by atoms with Crippen LogP contribution < -0.4 is 10.6 Å². The van der Waals surface area contributed by atoms with E-state index in [1.807, 2.05) is 13.1 Å². The average molecular weight is 280 g/mol. The third-order valence-corrected chi connectivity index (χ3v) is 3.57. The van der Waals surface area contributed by atoms with Crippen LogP contribution in [0.15, 0.2) is 12.4 Å². The number of carbonyl (C=O) groups excluding carboxylic acids is 1. The lowest BCUT2D eigenvalue weighted by atomic mass is 9.74. The summed E-state index contributed by atoms with van der Waals surface area (Å²) in [5.74, 6) is -0.878. The zero-order valence-electron chi connectivity index (χ0n) is 11.6. The van der Waals surface area contributed by atoms with Crippen molar-refractivity contribution < 1.29 is 14.7 Å². The highest BCUT2D eigenvalue weighted by Gasteiger charge is 2.40. The van der Waals surface area contributed by atoms with E-state index in [2.05, 4.69) is 15.7 Å². The van der Waals surface area contributed by atoms with Gasteiger partial charge >= 0.3 is 12.0 Å². The summed E-state index contributed by atoms with van der Waals surface area (Å²) in [6, 6.07) is -0.310. The smallest absolute Gasteiger partial charge is 0.315 e. The first-order chi connectivity index (χ1) is 9.49. The van der Waals surface area contributed by atoms with Gasteiger partial charge in [0, 0.05) is 12.7 Å². The number of aliphatic carboxylic acids is 1. The summed E-state index contributed by atoms with van der Waals surface area (Å²) in [5.41, 5.74) is 0.516. The second-order valence-electron chi connectivity index (χ2n) is 5.37. The fourth-order valence-corrected chi connectivity index (χ4v) is 2.40. The zero-order valence-corrected chi connectivity index (χ0v) is 11.6. The van der Waals surface area contributed by atoms with Gasteiger partial charge < -0.3 is 15.7 Å². The SMILES string of the molecule is Cc1cnn(CCNC(=O)NC2(CC(=O)O)CCC2)c1. The van der Waals surface area contributed by atoms with Crippen LogP contribution in [0.4, 0.5) is 4.79 Å². The van der Waals surface area contributed by atoms with Gasteiger partial charge in [0.2, 0.25) is 0 Å². The number of aromatic nitrogens is 2. The van der Waals surface area contributed by atoms with Crippen molar-refractivity contribution in [3.63, 3.8) is 0 Å². The third kappa shape index (κ3) is 3.72. The van der Waals surface area contributed by atoms with Gasteiger partial charge in [-0.3, -0.25) is 9.48 Å². The second kappa shape index (κ2) is 5.94. The van der Waals surface area contributed by atoms with E-state index < -0.39 is 11.5 Å². The monoisotopic (exact) mass is 280 g/mol. The van der Waals surface area contributed by atoms with Crippen molar-refractivity contribution in [2.75, 3.05) is 6.54 Å². The Kier molecular flexibility index (Phi) is 4.26. The maximum absolute atomic E-state index is 11.8. The minimum Gasteiger partial charge on any atom is -0.481 e. The van der Waals surface area contributed by atoms with E-state index >= 15 is 0 Å². The largest absolute Gasteiger partial charge is 0.481 e. The third-order valence-electron chi connectivity index (χ3n) is 3.57. The topological polar surface area (TPSA) is 96.3 Å². The van der Waals surface area contributed by atoms with Crippen LogP contribution in [0.5, 0.6) is 0 Å². The fourth-order valence-electron chi connectivity index (χ4n) is 2.40. The molecule has 7 nitrogen and oxygen atoms in total. The standard InChI is InChI=1S/C13H20N4O3/c1-10-8-15-17(9-10)6-5-14-12(20)16-13(3-2-4-13)7-11(18)19/h8-9H,2-7H2,1H3,(H,18,19)(H2,14,16,20). The van der Waals surface area contributed by atoms with Crippen LogP contribution in [0.25, 0.3) is 0 Å². The highest BCUT2D eigenvalue weighted by molar-refractivity contribution is 5.77. The Morgan fingerprint density at radius 3 is 2.75 bits per heavy atom. The number of hydrogen-bond donors (Lipinski definition) is 3. The van der Waals surface area contributed by atoms with E-state index in [0.29, 0.717) is 13.1 Å². The molecule has 0 atom stereocenters. The molecule has 0 aromatic carbocycles. The summed E-state index contributed by atoms with van der Waals surface area (Å²) in [6.07, 6.45) is 6.06. The van der Waals surface area contributed by atoms with Gasteiger partial charge in [-0.15, -0.1) is 0 Å². The highest BCUT2D eigenvalue weighted by Crippen LogP contribution is 2.34. The van der Waals surface area contributed by atoms with Crippen molar-refractivity contribution in [3.8, 4) is 0 Å². The predicted octanol–water partition coefficient (Wildman–Crippen LogP) is 0.888. The molecule has 1 aliphatic carbocycles. The van der Waals surface area contributed by atoms with Crippen molar-refractivity contribution in [2.24, 2.45) is 0 Å². The summed E-state index contributed by atoms with van der Waals surface area (Å²) in [4.78, 5) is 22.6. The molecule has 0 radical (unpaired) electrons. The molecule has 2 rings (SSSR count). The number of carboxylic acids is 1. The number of carbonyl (C=O) groups is 2. The number of nitrogens with zero attached hydrogens (tertiary/aromatic N) is 2. The average Bonchev–Trinajstić information content (AvgIpc) is 2.71. The Labute approximate surface area is 117 Å². The molecular formula is C13H20N4O3. The lowest BCUT2D eigenvalue weighted by molar-refractivity contribution is -0.139. The molecule has 20 heavy (non-hydrogen) atoms. The number of amides is 2. The first-order valence-corrected chi connectivity index (χ1v) is 6.76. The molecule has 7 heteroatoms. The molecule has 1 aromatic rings. The molecule has 0 saturated heterocycles. The van der Waals surface area contributed by atoms with Gasteiger partial charge in [0.05, 0.1) is 24.7 Å². The van der Waals surface area contributed by atoms with Crippen molar-refractivity contribution in [1.82, 2.24) is 20.4 Å². The highest BCUT2D eigenvalue weighted by atomic mass is 16.4. The van der Waals surface area contributed by atoms with E-state index in [4.69, 9.17) is 5.11 Å². The Bertz CT molecular complexity index is 494. The minimum atomic E-state index is -0.878. The molecule has 0 spiro atoms. The minimum absolute atomic E-state index is 0.0151. The molecule has 1 aromatic heterocycles. The fraction of sp³-hybridized carbons (Fsp3) is 0.615. The van der Waals surface area contributed by atoms with Crippen molar-refractivity contribution in [1.29, 1.82) is 0 Å². The summed E-state index contributed by atoms with van der Waals surface area (Å²) in [5, 5.41) is 18.5. The van der Waals surface area contributed by atoms with E-state index in [1.54, 1.807) is 10.9 Å². The first-order valence-electron chi connectivity index (χ1n) is 6.76. The molecule has 110 valence electrons. The molecule has 3 N–H and O–H groups in total. The molecule has 1 heterocycles. The molecule has 0 unspecified atom stereocenters. The van der Waals surface area contributed by atoms with Crippen molar-refractivity contribution in [3.05, 3.63) is 18.0 Å². The van der Waals surface area contributed by atoms with Crippen LogP contribution in [-0.2, 0) is 11.3 Å². The van der Waals surface area contributed by atoms with Crippen molar-refractivity contribution in [2.45, 2.75) is 44.7 Å². The summed E-state index contributed by atoms with van der Waals surface area (Å²) in [6.45, 7) is 3.00. The summed E-state index contributed by atoms with van der Waals surface area (Å²) >= 11 is 0. The molecule has 0 aliphatic heterocycles. The molecule has 2 amide bonds. The van der Waals surface area contributed by atoms with Crippen LogP contribution in [0.1, 0.15) is 31.2 Å². The van der Waals surface area contributed by atoms with E-state index in [-0.39, 0.29) is 12.5 Å². The van der Waals surface area contributed by atoms with E-state index in [9.17, 15) is 9.59 Å². The van der Waals surface area contributed by atoms with Crippen LogP contribution in [0.2, 0.25) is 0 Å². The van der Waals surface area contributed by atoms with Crippen LogP contribution in [0, 0.1) is 6.92 Å². The maximum atomic E-state index is 11.8. The lowest BCUT2D eigenvalue weighted by Gasteiger charge is -2.41. The summed E-state index contributed by atoms with van der Waals surface area (Å²) in [7, 11) is 0. The number of nitrogens with one attached hydrogen (secondary N) is 2. The molecule has 1 aliphatic rings. The Morgan fingerprint density at radius 2 is 2.25 bits per heavy atom. The Hall–Kier alpha value is -2.05. The molecule has 1 fully saturated rings. The number of hydrogen-bond acceptors (Lipinski definition) is 3. The van der Waals surface area contributed by atoms with Gasteiger partial charge in [-0.2, -0.15) is 5.10 Å². The van der Waals surface area contributed by atoms with Gasteiger partial charge in [-0.05, 0) is 31.7 Å². The lowest BCUT2D eigenvalue weighted by Crippen LogP contribution is -2.57. The Balaban J connectivity index is 1.73. The van der Waals surface area contributed by atoms with Crippen LogP contribution in [-0.4, -0.2) is 39.0 Å². The maximum Gasteiger partial charge on any atom is 0.315 e. The number of aryl methyl sites for hydroxylation is 1. The van der Waals surface area contributed by atoms with Gasteiger partial charge in [0.1, 0.15) is 0 Å². The predicted molar refractivity (Wildman–Crippen MR) is 72.3 cm³/mol. The quantitative estimate of drug-likeness (QED) is 0.721. The van der Waals surface area contributed by atoms with Gasteiger partial charge in [0.15, 0.2) is 0 Å². The Morgan fingerprint density at radius 1 is 1.50 bits per heavy atom. The second-order valence-corrected chi connectivity index (χ2v) is 5.37. The van der Waals surface area contributed by atoms with Crippen molar-refractivity contribution >= 4 is 12.0 Å².